The van der Waals surface area contributed by atoms with Gasteiger partial charge in [-0.25, -0.2) is 0 Å². The van der Waals surface area contributed by atoms with Crippen molar-refractivity contribution in [3.8, 4) is 0 Å². The molecule has 0 aromatic rings. The Morgan fingerprint density at radius 1 is 1.44 bits per heavy atom. The zero-order valence-corrected chi connectivity index (χ0v) is 9.06. The molecule has 0 rings (SSSR count). The number of aliphatic carboxylic acids is 2. The van der Waals surface area contributed by atoms with Crippen molar-refractivity contribution in [2.75, 3.05) is 6.54 Å². The van der Waals surface area contributed by atoms with Gasteiger partial charge in [0.2, 0.25) is 0 Å². The average molecular weight is 234 g/mol. The summed E-state index contributed by atoms with van der Waals surface area (Å²) in [6, 6.07) is -0.821. The summed E-state index contributed by atoms with van der Waals surface area (Å²) in [5.74, 6) is -1.95. The summed E-state index contributed by atoms with van der Waals surface area (Å²) in [6.07, 6.45) is 0.975. The summed E-state index contributed by atoms with van der Waals surface area (Å²) >= 11 is 0. The van der Waals surface area contributed by atoms with Crippen molar-refractivity contribution in [3.63, 3.8) is 0 Å². The first kappa shape index (κ1) is 16.6. The maximum absolute atomic E-state index is 10.2. The lowest BCUT2D eigenvalue weighted by atomic mass is 10.2. The predicted molar refractivity (Wildman–Crippen MR) is 58.1 cm³/mol. The number of hydrogen-bond donors (Lipinski definition) is 6. The van der Waals surface area contributed by atoms with Crippen LogP contribution in [-0.2, 0) is 9.59 Å². The van der Waals surface area contributed by atoms with E-state index in [1.54, 1.807) is 0 Å². The summed E-state index contributed by atoms with van der Waals surface area (Å²) in [5.41, 5.74) is 10.2. The van der Waals surface area contributed by atoms with Crippen molar-refractivity contribution >= 4 is 17.9 Å². The monoisotopic (exact) mass is 234 g/mol. The lowest BCUT2D eigenvalue weighted by Gasteiger charge is -2.06. The number of carboxylic acids is 2. The molecular weight excluding hydrogens is 216 g/mol. The Balaban J connectivity index is 0. The van der Waals surface area contributed by atoms with Crippen LogP contribution < -0.4 is 16.8 Å². The summed E-state index contributed by atoms with van der Waals surface area (Å²) in [5, 5.41) is 25.1. The van der Waals surface area contributed by atoms with Crippen LogP contribution in [0.25, 0.3) is 0 Å². The molecule has 0 aliphatic heterocycles. The SMILES string of the molecule is CC(=O)O.N=C(N)NCCC[C@@H](N)C(=O)O. The van der Waals surface area contributed by atoms with Gasteiger partial charge in [0.05, 0.1) is 0 Å². The normalized spacial score (nSPS) is 10.6. The molecule has 0 saturated carbocycles. The fraction of sp³-hybridized carbons (Fsp3) is 0.625. The zero-order chi connectivity index (χ0) is 13.1. The van der Waals surface area contributed by atoms with Crippen LogP contribution in [0.1, 0.15) is 19.8 Å². The van der Waals surface area contributed by atoms with E-state index in [4.69, 9.17) is 31.9 Å². The van der Waals surface area contributed by atoms with E-state index in [1.165, 1.54) is 0 Å². The van der Waals surface area contributed by atoms with Gasteiger partial charge in [-0.05, 0) is 12.8 Å². The van der Waals surface area contributed by atoms with E-state index in [0.717, 1.165) is 6.92 Å². The fourth-order valence-electron chi connectivity index (χ4n) is 0.669. The van der Waals surface area contributed by atoms with E-state index in [2.05, 4.69) is 5.32 Å². The molecule has 94 valence electrons. The maximum Gasteiger partial charge on any atom is 0.320 e. The van der Waals surface area contributed by atoms with E-state index in [1.807, 2.05) is 0 Å². The summed E-state index contributed by atoms with van der Waals surface area (Å²) in [6.45, 7) is 1.57. The van der Waals surface area contributed by atoms with Gasteiger partial charge in [-0.1, -0.05) is 0 Å². The third-order valence-corrected chi connectivity index (χ3v) is 1.32. The van der Waals surface area contributed by atoms with Gasteiger partial charge >= 0.3 is 5.97 Å². The fourth-order valence-corrected chi connectivity index (χ4v) is 0.669. The minimum absolute atomic E-state index is 0.112. The van der Waals surface area contributed by atoms with Gasteiger partial charge in [0.25, 0.3) is 5.97 Å². The van der Waals surface area contributed by atoms with Crippen molar-refractivity contribution in [1.29, 1.82) is 5.41 Å². The second kappa shape index (κ2) is 9.71. The first-order valence-electron chi connectivity index (χ1n) is 4.53. The van der Waals surface area contributed by atoms with Crippen LogP contribution in [0, 0.1) is 5.41 Å². The number of nitrogens with two attached hydrogens (primary N) is 2. The second-order valence-corrected chi connectivity index (χ2v) is 2.95. The molecule has 8 N–H and O–H groups in total. The number of carboxylic acid groups (broad SMARTS) is 2. The molecule has 0 spiro atoms. The number of nitrogens with one attached hydrogen (secondary N) is 2. The molecule has 1 atom stereocenters. The van der Waals surface area contributed by atoms with Crippen LogP contribution in [0.15, 0.2) is 0 Å². The van der Waals surface area contributed by atoms with Crippen molar-refractivity contribution in [1.82, 2.24) is 5.32 Å². The van der Waals surface area contributed by atoms with E-state index in [-0.39, 0.29) is 5.96 Å². The highest BCUT2D eigenvalue weighted by Crippen LogP contribution is 1.92. The molecule has 0 heterocycles. The van der Waals surface area contributed by atoms with Crippen LogP contribution in [0.2, 0.25) is 0 Å². The lowest BCUT2D eigenvalue weighted by Crippen LogP contribution is -2.34. The molecule has 0 aromatic carbocycles. The molecule has 8 nitrogen and oxygen atoms in total. The Morgan fingerprint density at radius 3 is 2.19 bits per heavy atom. The van der Waals surface area contributed by atoms with E-state index in [9.17, 15) is 4.79 Å². The highest BCUT2D eigenvalue weighted by atomic mass is 16.4. The van der Waals surface area contributed by atoms with E-state index >= 15 is 0 Å². The Bertz CT molecular complexity index is 240. The van der Waals surface area contributed by atoms with E-state index in [0.29, 0.717) is 19.4 Å². The summed E-state index contributed by atoms with van der Waals surface area (Å²) in [4.78, 5) is 19.2. The van der Waals surface area contributed by atoms with Crippen LogP contribution in [0.3, 0.4) is 0 Å². The van der Waals surface area contributed by atoms with Crippen LogP contribution in [0.4, 0.5) is 0 Å². The van der Waals surface area contributed by atoms with Crippen molar-refractivity contribution in [2.24, 2.45) is 11.5 Å². The maximum atomic E-state index is 10.2. The molecule has 0 bridgehead atoms. The number of carbonyl (C=O) groups is 2. The van der Waals surface area contributed by atoms with Crippen molar-refractivity contribution in [3.05, 3.63) is 0 Å². The second-order valence-electron chi connectivity index (χ2n) is 2.95. The minimum Gasteiger partial charge on any atom is -0.481 e. The van der Waals surface area contributed by atoms with Gasteiger partial charge in [0.15, 0.2) is 5.96 Å². The highest BCUT2D eigenvalue weighted by Gasteiger charge is 2.09. The third-order valence-electron chi connectivity index (χ3n) is 1.32. The number of hydrogen-bond acceptors (Lipinski definition) is 4. The van der Waals surface area contributed by atoms with Gasteiger partial charge in [-0.2, -0.15) is 0 Å². The van der Waals surface area contributed by atoms with Gasteiger partial charge in [0.1, 0.15) is 6.04 Å². The molecule has 0 aliphatic rings. The van der Waals surface area contributed by atoms with Crippen molar-refractivity contribution in [2.45, 2.75) is 25.8 Å². The van der Waals surface area contributed by atoms with Crippen LogP contribution in [-0.4, -0.2) is 40.7 Å². The highest BCUT2D eigenvalue weighted by molar-refractivity contribution is 5.74. The average Bonchev–Trinajstić information content (AvgIpc) is 2.10. The van der Waals surface area contributed by atoms with Gasteiger partial charge < -0.3 is 27.0 Å². The topological polar surface area (TPSA) is 163 Å². The van der Waals surface area contributed by atoms with Crippen molar-refractivity contribution < 1.29 is 19.8 Å². The summed E-state index contributed by atoms with van der Waals surface area (Å²) < 4.78 is 0. The molecule has 0 saturated heterocycles. The smallest absolute Gasteiger partial charge is 0.320 e. The molecule has 0 unspecified atom stereocenters. The Labute approximate surface area is 93.1 Å². The molecule has 0 radical (unpaired) electrons. The lowest BCUT2D eigenvalue weighted by molar-refractivity contribution is -0.138. The first-order chi connectivity index (χ1) is 7.27. The largest absolute Gasteiger partial charge is 0.481 e. The Kier molecular flexibility index (Phi) is 10.1. The molecule has 0 aliphatic carbocycles. The first-order valence-corrected chi connectivity index (χ1v) is 4.53. The van der Waals surface area contributed by atoms with Gasteiger partial charge in [-0.3, -0.25) is 15.0 Å². The quantitative estimate of drug-likeness (QED) is 0.196. The summed E-state index contributed by atoms with van der Waals surface area (Å²) in [7, 11) is 0. The molecule has 16 heavy (non-hydrogen) atoms. The van der Waals surface area contributed by atoms with Crippen LogP contribution in [0.5, 0.6) is 0 Å². The molecular formula is C8H18N4O4. The molecule has 0 amide bonds. The predicted octanol–water partition coefficient (Wildman–Crippen LogP) is -1.25. The Hall–Kier alpha value is -1.83. The number of rotatable bonds is 5. The Morgan fingerprint density at radius 2 is 1.88 bits per heavy atom. The zero-order valence-electron chi connectivity index (χ0n) is 9.06. The number of guanidine groups is 1. The standard InChI is InChI=1S/C6H14N4O2.C2H4O2/c7-4(5(11)12)2-1-3-10-6(8)9;1-2(3)4/h4H,1-3,7H2,(H,11,12)(H4,8,9,10);1H3,(H,3,4)/t4-;/m1./s1. The molecule has 8 heteroatoms. The molecule has 0 aromatic heterocycles. The van der Waals surface area contributed by atoms with E-state index < -0.39 is 18.0 Å². The van der Waals surface area contributed by atoms with Gasteiger partial charge in [0, 0.05) is 13.5 Å². The third kappa shape index (κ3) is 18.1. The minimum atomic E-state index is -1.00. The van der Waals surface area contributed by atoms with Crippen LogP contribution >= 0.6 is 0 Å². The van der Waals surface area contributed by atoms with Gasteiger partial charge in [-0.15, -0.1) is 0 Å². The molecule has 0 fully saturated rings.